The van der Waals surface area contributed by atoms with Crippen molar-refractivity contribution in [2.24, 2.45) is 0 Å². The van der Waals surface area contributed by atoms with Crippen molar-refractivity contribution < 1.29 is 46.0 Å². The van der Waals surface area contributed by atoms with E-state index >= 15 is 0 Å². The molecule has 1 aliphatic carbocycles. The van der Waals surface area contributed by atoms with Crippen LogP contribution in [0.1, 0.15) is 244 Å². The monoisotopic (exact) mass is 884 g/mol. The summed E-state index contributed by atoms with van der Waals surface area (Å²) in [7, 11) is 2.47. The molecule has 0 aromatic heterocycles. The normalized spacial score (nSPS) is 12.4. The van der Waals surface area contributed by atoms with Crippen LogP contribution in [0.2, 0.25) is 0 Å². The summed E-state index contributed by atoms with van der Waals surface area (Å²) in [4.78, 5) is 26.6. The van der Waals surface area contributed by atoms with Crippen molar-refractivity contribution >= 4 is 11.6 Å². The first-order valence-corrected chi connectivity index (χ1v) is 24.5. The zero-order valence-electron chi connectivity index (χ0n) is 38.3. The number of halogens is 1. The number of aryl methyl sites for hydroxylation is 1. The zero-order valence-corrected chi connectivity index (χ0v) is 39.9. The molecule has 0 amide bonds. The van der Waals surface area contributed by atoms with Gasteiger partial charge in [0.1, 0.15) is 17.2 Å². The van der Waals surface area contributed by atoms with E-state index in [4.69, 9.17) is 4.74 Å². The molecule has 336 valence electrons. The van der Waals surface area contributed by atoms with Crippen LogP contribution in [-0.2, 0) is 0 Å². The summed E-state index contributed by atoms with van der Waals surface area (Å²) in [6.07, 6.45) is 40.8. The van der Waals surface area contributed by atoms with Gasteiger partial charge in [0, 0.05) is 17.2 Å². The third-order valence-electron chi connectivity index (χ3n) is 12.8. The second-order valence-electron chi connectivity index (χ2n) is 18.3. The van der Waals surface area contributed by atoms with E-state index in [0.717, 1.165) is 23.9 Å². The maximum atomic E-state index is 13.4. The summed E-state index contributed by atoms with van der Waals surface area (Å²) in [5.74, 6) is -1.06. The Morgan fingerprint density at radius 3 is 1.20 bits per heavy atom. The van der Waals surface area contributed by atoms with Crippen molar-refractivity contribution in [3.8, 4) is 17.2 Å². The predicted molar refractivity (Wildman–Crippen MR) is 244 cm³/mol. The summed E-state index contributed by atoms with van der Waals surface area (Å²) >= 11 is 0. The number of rotatable bonds is 36. The number of ether oxygens (including phenoxy) is 1. The highest BCUT2D eigenvalue weighted by Crippen LogP contribution is 2.39. The number of phenolic OH excluding ortho intramolecular Hbond substituents is 2. The lowest BCUT2D eigenvalue weighted by Crippen LogP contribution is -3.00. The number of fused-ring (bicyclic) bond motifs is 2. The fourth-order valence-corrected chi connectivity index (χ4v) is 9.05. The molecule has 0 saturated heterocycles. The molecule has 0 unspecified atom stereocenters. The largest absolute Gasteiger partial charge is 1.00 e. The quantitative estimate of drug-likeness (QED) is 0.0449. The predicted octanol–water partition coefficient (Wildman–Crippen LogP) is 11.8. The Labute approximate surface area is 372 Å². The molecule has 6 nitrogen and oxygen atoms in total. The number of unbranched alkanes of at least 4 members (excludes halogenated alkanes) is 27. The Bertz CT molecular complexity index is 1430. The third-order valence-corrected chi connectivity index (χ3v) is 12.8. The summed E-state index contributed by atoms with van der Waals surface area (Å²) < 4.78 is 7.20. The standard InChI is InChI=1S/C52H85NO5.BrH/c1-5-7-9-11-13-15-17-19-21-23-25-27-29-31-35-53(4,36-32-30-28-26-24-22-20-18-16-14-12-10-8-6-2)37-33-34-38-58-44-41-46-50(48(55)42-44)52(57)49-45(51(46)56)39-43(3)40-47(49)54;/h39-42H,5-38H2,1-4H3,(H-,54,55,57);1H. The van der Waals surface area contributed by atoms with Crippen LogP contribution in [0.5, 0.6) is 17.2 Å². The van der Waals surface area contributed by atoms with Crippen LogP contribution in [0.25, 0.3) is 0 Å². The summed E-state index contributed by atoms with van der Waals surface area (Å²) in [6.45, 7) is 10.4. The molecule has 0 atom stereocenters. The summed E-state index contributed by atoms with van der Waals surface area (Å²) in [6, 6.07) is 6.08. The maximum absolute atomic E-state index is 13.4. The van der Waals surface area contributed by atoms with Gasteiger partial charge in [0.15, 0.2) is 5.78 Å². The average molecular weight is 885 g/mol. The Morgan fingerprint density at radius 1 is 0.458 bits per heavy atom. The molecule has 2 N–H and O–H groups in total. The zero-order chi connectivity index (χ0) is 41.9. The number of hydrogen-bond acceptors (Lipinski definition) is 5. The van der Waals surface area contributed by atoms with Crippen molar-refractivity contribution in [1.82, 2.24) is 0 Å². The van der Waals surface area contributed by atoms with Crippen molar-refractivity contribution in [3.63, 3.8) is 0 Å². The molecule has 1 aliphatic rings. The second-order valence-corrected chi connectivity index (χ2v) is 18.3. The van der Waals surface area contributed by atoms with Gasteiger partial charge in [-0.1, -0.05) is 168 Å². The highest BCUT2D eigenvalue weighted by Gasteiger charge is 2.35. The first-order chi connectivity index (χ1) is 28.2. The molecule has 7 heteroatoms. The Morgan fingerprint density at radius 2 is 0.797 bits per heavy atom. The number of benzene rings is 2. The summed E-state index contributed by atoms with van der Waals surface area (Å²) in [5.41, 5.74) is 0.876. The number of nitrogens with zero attached hydrogens (tertiary/aromatic N) is 1. The van der Waals surface area contributed by atoms with Crippen LogP contribution in [-0.4, -0.2) is 59.6 Å². The van der Waals surface area contributed by atoms with Gasteiger partial charge in [-0.05, 0) is 69.2 Å². The number of phenols is 2. The first-order valence-electron chi connectivity index (χ1n) is 24.5. The molecular formula is C52H86BrNO5. The van der Waals surface area contributed by atoms with Gasteiger partial charge in [-0.25, -0.2) is 0 Å². The van der Waals surface area contributed by atoms with Crippen LogP contribution in [0, 0.1) is 6.92 Å². The molecular weight excluding hydrogens is 798 g/mol. The van der Waals surface area contributed by atoms with Gasteiger partial charge in [0.25, 0.3) is 0 Å². The molecule has 59 heavy (non-hydrogen) atoms. The fourth-order valence-electron chi connectivity index (χ4n) is 9.05. The highest BCUT2D eigenvalue weighted by atomic mass is 79.9. The Kier molecular flexibility index (Phi) is 28.1. The SMILES string of the molecule is CCCCCCCCCCCCCCCC[N+](C)(CCCCCCCCCCCCCCCC)CCCCOc1cc(O)c2c(c1)C(=O)c1cc(C)cc(O)c1C2=O.[Br-]. The van der Waals surface area contributed by atoms with Gasteiger partial charge in [-0.15, -0.1) is 0 Å². The lowest BCUT2D eigenvalue weighted by Gasteiger charge is -2.35. The molecule has 0 aliphatic heterocycles. The van der Waals surface area contributed by atoms with E-state index < -0.39 is 5.78 Å². The van der Waals surface area contributed by atoms with Crippen LogP contribution >= 0.6 is 0 Å². The number of carbonyl (C=O) groups is 2. The van der Waals surface area contributed by atoms with Crippen molar-refractivity contribution in [2.45, 2.75) is 213 Å². The fraction of sp³-hybridized carbons (Fsp3) is 0.731. The van der Waals surface area contributed by atoms with Crippen LogP contribution in [0.4, 0.5) is 0 Å². The van der Waals surface area contributed by atoms with Gasteiger partial charge in [0.05, 0.1) is 44.4 Å². The Balaban J connectivity index is 0.0000120. The molecule has 0 spiro atoms. The van der Waals surface area contributed by atoms with Crippen molar-refractivity contribution in [2.75, 3.05) is 33.3 Å². The summed E-state index contributed by atoms with van der Waals surface area (Å²) in [5, 5.41) is 21.2. The van der Waals surface area contributed by atoms with Gasteiger partial charge < -0.3 is 36.4 Å². The van der Waals surface area contributed by atoms with E-state index in [-0.39, 0.29) is 56.5 Å². The van der Waals surface area contributed by atoms with Crippen molar-refractivity contribution in [1.29, 1.82) is 0 Å². The lowest BCUT2D eigenvalue weighted by atomic mass is 9.82. The topological polar surface area (TPSA) is 83.8 Å². The molecule has 0 radical (unpaired) electrons. The second kappa shape index (κ2) is 31.5. The van der Waals surface area contributed by atoms with E-state index in [2.05, 4.69) is 20.9 Å². The van der Waals surface area contributed by atoms with E-state index in [0.29, 0.717) is 17.9 Å². The molecule has 2 aromatic rings. The highest BCUT2D eigenvalue weighted by molar-refractivity contribution is 6.30. The van der Waals surface area contributed by atoms with E-state index in [1.54, 1.807) is 19.1 Å². The van der Waals surface area contributed by atoms with Gasteiger partial charge in [-0.3, -0.25) is 9.59 Å². The number of carbonyl (C=O) groups excluding carboxylic acids is 2. The van der Waals surface area contributed by atoms with Crippen LogP contribution < -0.4 is 21.7 Å². The third kappa shape index (κ3) is 20.4. The first kappa shape index (κ1) is 52.8. The van der Waals surface area contributed by atoms with Crippen molar-refractivity contribution in [3.05, 3.63) is 52.1 Å². The smallest absolute Gasteiger partial charge is 0.201 e. The lowest BCUT2D eigenvalue weighted by molar-refractivity contribution is -0.910. The minimum atomic E-state index is -0.541. The number of quaternary nitrogens is 1. The minimum Gasteiger partial charge on any atom is -1.00 e. The van der Waals surface area contributed by atoms with Gasteiger partial charge >= 0.3 is 0 Å². The van der Waals surface area contributed by atoms with E-state index in [1.807, 2.05) is 0 Å². The number of aromatic hydroxyl groups is 2. The van der Waals surface area contributed by atoms with E-state index in [9.17, 15) is 19.8 Å². The molecule has 0 saturated carbocycles. The molecule has 0 fully saturated rings. The van der Waals surface area contributed by atoms with E-state index in [1.165, 1.54) is 205 Å². The van der Waals surface area contributed by atoms with Crippen LogP contribution in [0.3, 0.4) is 0 Å². The molecule has 3 rings (SSSR count). The number of hydrogen-bond donors (Lipinski definition) is 2. The number of ketones is 2. The minimum absolute atomic E-state index is 0. The molecule has 0 bridgehead atoms. The van der Waals surface area contributed by atoms with Crippen LogP contribution in [0.15, 0.2) is 24.3 Å². The Hall–Kier alpha value is -2.38. The molecule has 0 heterocycles. The van der Waals surface area contributed by atoms with Gasteiger partial charge in [-0.2, -0.15) is 0 Å². The maximum Gasteiger partial charge on any atom is 0.201 e. The van der Waals surface area contributed by atoms with Gasteiger partial charge in [0.2, 0.25) is 5.78 Å². The average Bonchev–Trinajstić information content (AvgIpc) is 3.19. The molecule has 2 aromatic carbocycles.